The van der Waals surface area contributed by atoms with E-state index in [4.69, 9.17) is 11.6 Å². The summed E-state index contributed by atoms with van der Waals surface area (Å²) in [6, 6.07) is 22.5. The molecule has 4 nitrogen and oxygen atoms in total. The standard InChI is InChI=1S/C25H22ClN3OS/c1-16-17(2)31-25(29-24(30)18-9-4-3-5-10-18)22(16)23(19-11-8-12-20(26)15-19)28-21-13-6-7-14-27-21/h3-15,23H,1-2H3,(H,27,28)(H,29,30)/t23-/m1/s1. The van der Waals surface area contributed by atoms with E-state index in [2.05, 4.69) is 29.5 Å². The number of carbonyl (C=O) groups excluding carboxylic acids is 1. The molecule has 0 saturated carbocycles. The summed E-state index contributed by atoms with van der Waals surface area (Å²) < 4.78 is 0. The van der Waals surface area contributed by atoms with E-state index in [9.17, 15) is 4.79 Å². The van der Waals surface area contributed by atoms with Crippen LogP contribution in [0.15, 0.2) is 79.0 Å². The number of nitrogens with zero attached hydrogens (tertiary/aromatic N) is 1. The van der Waals surface area contributed by atoms with Gasteiger partial charge < -0.3 is 10.6 Å². The first-order valence-electron chi connectivity index (χ1n) is 9.92. The van der Waals surface area contributed by atoms with E-state index < -0.39 is 0 Å². The van der Waals surface area contributed by atoms with Crippen LogP contribution in [0.25, 0.3) is 0 Å². The first kappa shape index (κ1) is 21.1. The molecule has 2 aromatic heterocycles. The average molecular weight is 448 g/mol. The number of thiophene rings is 1. The lowest BCUT2D eigenvalue weighted by Crippen LogP contribution is -2.18. The minimum absolute atomic E-state index is 0.134. The lowest BCUT2D eigenvalue weighted by molar-refractivity contribution is 0.102. The SMILES string of the molecule is Cc1sc(NC(=O)c2ccccc2)c([C@H](Nc2ccccn2)c2cccc(Cl)c2)c1C. The van der Waals surface area contributed by atoms with Crippen molar-refractivity contribution in [2.45, 2.75) is 19.9 Å². The monoisotopic (exact) mass is 447 g/mol. The van der Waals surface area contributed by atoms with Gasteiger partial charge in [-0.15, -0.1) is 11.3 Å². The normalized spacial score (nSPS) is 11.7. The summed E-state index contributed by atoms with van der Waals surface area (Å²) in [5.41, 5.74) is 3.75. The van der Waals surface area contributed by atoms with Crippen molar-refractivity contribution in [2.24, 2.45) is 0 Å². The van der Waals surface area contributed by atoms with Gasteiger partial charge >= 0.3 is 0 Å². The number of pyridine rings is 1. The Hall–Kier alpha value is -3.15. The number of aryl methyl sites for hydroxylation is 1. The van der Waals surface area contributed by atoms with Gasteiger partial charge in [0.1, 0.15) is 10.8 Å². The third-order valence-electron chi connectivity index (χ3n) is 5.12. The number of carbonyl (C=O) groups is 1. The molecule has 0 spiro atoms. The molecule has 31 heavy (non-hydrogen) atoms. The summed E-state index contributed by atoms with van der Waals surface area (Å²) in [5, 5.41) is 8.13. The van der Waals surface area contributed by atoms with Gasteiger partial charge in [0.15, 0.2) is 0 Å². The van der Waals surface area contributed by atoms with Crippen LogP contribution in [0, 0.1) is 13.8 Å². The summed E-state index contributed by atoms with van der Waals surface area (Å²) in [6.07, 6.45) is 1.75. The minimum atomic E-state index is -0.232. The Kier molecular flexibility index (Phi) is 6.35. The molecule has 6 heteroatoms. The Morgan fingerprint density at radius 1 is 1.00 bits per heavy atom. The van der Waals surface area contributed by atoms with Crippen molar-refractivity contribution >= 4 is 39.7 Å². The molecule has 156 valence electrons. The molecule has 1 amide bonds. The summed E-state index contributed by atoms with van der Waals surface area (Å²) in [6.45, 7) is 4.15. The maximum atomic E-state index is 12.9. The Balaban J connectivity index is 1.78. The van der Waals surface area contributed by atoms with E-state index in [-0.39, 0.29) is 11.9 Å². The zero-order chi connectivity index (χ0) is 21.8. The summed E-state index contributed by atoms with van der Waals surface area (Å²) in [5.74, 6) is 0.613. The number of rotatable bonds is 6. The number of benzene rings is 2. The van der Waals surface area contributed by atoms with Gasteiger partial charge in [-0.2, -0.15) is 0 Å². The largest absolute Gasteiger partial charge is 0.359 e. The van der Waals surface area contributed by atoms with Crippen LogP contribution in [0.5, 0.6) is 0 Å². The number of hydrogen-bond acceptors (Lipinski definition) is 4. The molecule has 0 radical (unpaired) electrons. The molecular formula is C25H22ClN3OS. The van der Waals surface area contributed by atoms with Crippen LogP contribution >= 0.6 is 22.9 Å². The van der Waals surface area contributed by atoms with Crippen molar-refractivity contribution in [3.63, 3.8) is 0 Å². The summed E-state index contributed by atoms with van der Waals surface area (Å²) in [4.78, 5) is 18.5. The van der Waals surface area contributed by atoms with Gasteiger partial charge in [0.2, 0.25) is 0 Å². The topological polar surface area (TPSA) is 54.0 Å². The number of hydrogen-bond donors (Lipinski definition) is 2. The first-order valence-corrected chi connectivity index (χ1v) is 11.1. The third kappa shape index (κ3) is 4.79. The fourth-order valence-electron chi connectivity index (χ4n) is 3.45. The molecular weight excluding hydrogens is 426 g/mol. The second kappa shape index (κ2) is 9.33. The fraction of sp³-hybridized carbons (Fsp3) is 0.120. The second-order valence-corrected chi connectivity index (χ2v) is 8.85. The first-order chi connectivity index (χ1) is 15.0. The predicted molar refractivity (Wildman–Crippen MR) is 129 cm³/mol. The van der Waals surface area contributed by atoms with E-state index in [1.165, 1.54) is 0 Å². The average Bonchev–Trinajstić information content (AvgIpc) is 3.06. The van der Waals surface area contributed by atoms with E-state index in [1.54, 1.807) is 17.5 Å². The number of anilines is 2. The molecule has 0 unspecified atom stereocenters. The number of halogens is 1. The highest BCUT2D eigenvalue weighted by atomic mass is 35.5. The Morgan fingerprint density at radius 2 is 1.77 bits per heavy atom. The molecule has 0 saturated heterocycles. The number of aromatic nitrogens is 1. The fourth-order valence-corrected chi connectivity index (χ4v) is 4.75. The van der Waals surface area contributed by atoms with E-state index >= 15 is 0 Å². The van der Waals surface area contributed by atoms with Crippen molar-refractivity contribution in [3.05, 3.63) is 111 Å². The van der Waals surface area contributed by atoms with Gasteiger partial charge in [-0.25, -0.2) is 4.98 Å². The van der Waals surface area contributed by atoms with Gasteiger partial charge in [-0.05, 0) is 61.4 Å². The van der Waals surface area contributed by atoms with Gasteiger partial charge in [-0.1, -0.05) is 48.0 Å². The van der Waals surface area contributed by atoms with Crippen LogP contribution in [0.1, 0.15) is 38.0 Å². The summed E-state index contributed by atoms with van der Waals surface area (Å²) >= 11 is 7.89. The molecule has 1 atom stereocenters. The molecule has 0 fully saturated rings. The molecule has 4 rings (SSSR count). The number of nitrogens with one attached hydrogen (secondary N) is 2. The van der Waals surface area contributed by atoms with Crippen LogP contribution < -0.4 is 10.6 Å². The predicted octanol–water partition coefficient (Wildman–Crippen LogP) is 6.87. The van der Waals surface area contributed by atoms with Gasteiger partial charge in [0.05, 0.1) is 6.04 Å². The Morgan fingerprint density at radius 3 is 2.48 bits per heavy atom. The Labute approximate surface area is 190 Å². The highest BCUT2D eigenvalue weighted by molar-refractivity contribution is 7.16. The van der Waals surface area contributed by atoms with E-state index in [1.807, 2.05) is 72.8 Å². The highest BCUT2D eigenvalue weighted by Crippen LogP contribution is 2.41. The zero-order valence-corrected chi connectivity index (χ0v) is 18.8. The lowest BCUT2D eigenvalue weighted by atomic mass is 9.96. The molecule has 4 aromatic rings. The molecule has 0 bridgehead atoms. The van der Waals surface area contributed by atoms with E-state index in [0.717, 1.165) is 32.4 Å². The van der Waals surface area contributed by atoms with Crippen molar-refractivity contribution in [3.8, 4) is 0 Å². The maximum Gasteiger partial charge on any atom is 0.256 e. The van der Waals surface area contributed by atoms with Crippen molar-refractivity contribution in [2.75, 3.05) is 10.6 Å². The minimum Gasteiger partial charge on any atom is -0.359 e. The molecule has 0 aliphatic carbocycles. The smallest absolute Gasteiger partial charge is 0.256 e. The van der Waals surface area contributed by atoms with Crippen LogP contribution in [0.2, 0.25) is 5.02 Å². The maximum absolute atomic E-state index is 12.9. The van der Waals surface area contributed by atoms with Gasteiger partial charge in [0, 0.05) is 27.2 Å². The van der Waals surface area contributed by atoms with Gasteiger partial charge in [0.25, 0.3) is 5.91 Å². The van der Waals surface area contributed by atoms with Crippen molar-refractivity contribution < 1.29 is 4.79 Å². The lowest BCUT2D eigenvalue weighted by Gasteiger charge is -2.22. The van der Waals surface area contributed by atoms with Gasteiger partial charge in [-0.3, -0.25) is 4.79 Å². The zero-order valence-electron chi connectivity index (χ0n) is 17.2. The van der Waals surface area contributed by atoms with Crippen LogP contribution in [0.4, 0.5) is 10.8 Å². The third-order valence-corrected chi connectivity index (χ3v) is 6.50. The van der Waals surface area contributed by atoms with Crippen molar-refractivity contribution in [1.82, 2.24) is 4.98 Å². The van der Waals surface area contributed by atoms with Crippen LogP contribution in [0.3, 0.4) is 0 Å². The molecule has 2 heterocycles. The summed E-state index contributed by atoms with van der Waals surface area (Å²) in [7, 11) is 0. The van der Waals surface area contributed by atoms with Crippen LogP contribution in [-0.4, -0.2) is 10.9 Å². The van der Waals surface area contributed by atoms with E-state index in [0.29, 0.717) is 10.6 Å². The molecule has 2 N–H and O–H groups in total. The van der Waals surface area contributed by atoms with Crippen LogP contribution in [-0.2, 0) is 0 Å². The number of amides is 1. The second-order valence-electron chi connectivity index (χ2n) is 7.19. The van der Waals surface area contributed by atoms with Crippen molar-refractivity contribution in [1.29, 1.82) is 0 Å². The highest BCUT2D eigenvalue weighted by Gasteiger charge is 2.25. The molecule has 0 aliphatic heterocycles. The quantitative estimate of drug-likeness (QED) is 0.339. The molecule has 0 aliphatic rings. The molecule has 2 aromatic carbocycles. The Bertz CT molecular complexity index is 1190.